The number of hydrazone groups is 1. The number of nitrogens with one attached hydrogen (secondary N) is 2. The van der Waals surface area contributed by atoms with E-state index in [2.05, 4.69) is 31.8 Å². The molecule has 2 aromatic carbocycles. The molecule has 0 fully saturated rings. The lowest BCUT2D eigenvalue weighted by atomic mass is 10.1. The van der Waals surface area contributed by atoms with Crippen molar-refractivity contribution in [2.24, 2.45) is 5.10 Å². The van der Waals surface area contributed by atoms with E-state index in [-0.39, 0.29) is 18.4 Å². The number of amides is 2. The van der Waals surface area contributed by atoms with Gasteiger partial charge in [-0.05, 0) is 40.5 Å². The first-order valence-electron chi connectivity index (χ1n) is 6.99. The van der Waals surface area contributed by atoms with Crippen LogP contribution in [0.5, 0.6) is 0 Å². The topological polar surface area (TPSA) is 70.6 Å². The predicted molar refractivity (Wildman–Crippen MR) is 93.3 cm³/mol. The third-order valence-corrected chi connectivity index (χ3v) is 3.76. The molecule has 0 bridgehead atoms. The summed E-state index contributed by atoms with van der Waals surface area (Å²) in [5, 5.41) is 6.57. The summed E-state index contributed by atoms with van der Waals surface area (Å²) in [5.41, 5.74) is 4.51. The fourth-order valence-electron chi connectivity index (χ4n) is 1.83. The van der Waals surface area contributed by atoms with Crippen LogP contribution in [-0.2, 0) is 4.79 Å². The maximum absolute atomic E-state index is 12.0. The predicted octanol–water partition coefficient (Wildman–Crippen LogP) is 2.72. The zero-order valence-corrected chi connectivity index (χ0v) is 14.1. The average Bonchev–Trinajstić information content (AvgIpc) is 2.58. The maximum atomic E-state index is 12.0. The highest BCUT2D eigenvalue weighted by atomic mass is 79.9. The summed E-state index contributed by atoms with van der Waals surface area (Å²) in [4.78, 5) is 23.7. The summed E-state index contributed by atoms with van der Waals surface area (Å²) >= 11 is 3.30. The fraction of sp³-hybridized carbons (Fsp3) is 0.118. The molecule has 5 nitrogen and oxygen atoms in total. The van der Waals surface area contributed by atoms with Crippen LogP contribution in [0.1, 0.15) is 22.8 Å². The molecular weight excluding hydrogens is 358 g/mol. The smallest absolute Gasteiger partial charge is 0.259 e. The van der Waals surface area contributed by atoms with Gasteiger partial charge in [0.2, 0.25) is 0 Å². The molecule has 0 spiro atoms. The molecule has 0 aliphatic rings. The van der Waals surface area contributed by atoms with Crippen LogP contribution in [0, 0.1) is 0 Å². The minimum absolute atomic E-state index is 0.147. The number of halogens is 1. The third-order valence-electron chi connectivity index (χ3n) is 3.07. The van der Waals surface area contributed by atoms with Gasteiger partial charge >= 0.3 is 0 Å². The van der Waals surface area contributed by atoms with Gasteiger partial charge in [-0.3, -0.25) is 9.59 Å². The largest absolute Gasteiger partial charge is 0.343 e. The molecule has 0 saturated heterocycles. The summed E-state index contributed by atoms with van der Waals surface area (Å²) < 4.78 is 0.677. The van der Waals surface area contributed by atoms with Crippen molar-refractivity contribution in [2.75, 3.05) is 6.54 Å². The van der Waals surface area contributed by atoms with Gasteiger partial charge in [0, 0.05) is 4.47 Å². The molecule has 2 aromatic rings. The number of benzene rings is 2. The highest BCUT2D eigenvalue weighted by Gasteiger charge is 2.10. The molecule has 2 rings (SSSR count). The monoisotopic (exact) mass is 373 g/mol. The van der Waals surface area contributed by atoms with Gasteiger partial charge in [-0.2, -0.15) is 5.10 Å². The third kappa shape index (κ3) is 5.03. The van der Waals surface area contributed by atoms with E-state index in [1.54, 1.807) is 25.1 Å². The Morgan fingerprint density at radius 3 is 2.39 bits per heavy atom. The number of carbonyl (C=O) groups excluding carboxylic acids is 2. The number of nitrogens with zero attached hydrogens (tertiary/aromatic N) is 1. The Kier molecular flexibility index (Phi) is 6.05. The lowest BCUT2D eigenvalue weighted by Crippen LogP contribution is -2.35. The Labute approximate surface area is 142 Å². The molecule has 2 amide bonds. The minimum Gasteiger partial charge on any atom is -0.343 e. The summed E-state index contributed by atoms with van der Waals surface area (Å²) in [6.07, 6.45) is 0. The van der Waals surface area contributed by atoms with Crippen LogP contribution in [0.15, 0.2) is 64.2 Å². The number of hydrogen-bond acceptors (Lipinski definition) is 3. The van der Waals surface area contributed by atoms with Crippen LogP contribution in [0.25, 0.3) is 0 Å². The van der Waals surface area contributed by atoms with Crippen LogP contribution >= 0.6 is 15.9 Å². The van der Waals surface area contributed by atoms with Gasteiger partial charge in [-0.25, -0.2) is 5.43 Å². The van der Waals surface area contributed by atoms with E-state index >= 15 is 0 Å². The van der Waals surface area contributed by atoms with E-state index in [1.807, 2.05) is 36.4 Å². The van der Waals surface area contributed by atoms with E-state index in [0.29, 0.717) is 15.7 Å². The van der Waals surface area contributed by atoms with Crippen molar-refractivity contribution in [3.8, 4) is 0 Å². The van der Waals surface area contributed by atoms with E-state index in [1.165, 1.54) is 0 Å². The number of carbonyl (C=O) groups is 2. The summed E-state index contributed by atoms with van der Waals surface area (Å²) in [6, 6.07) is 16.5. The zero-order valence-electron chi connectivity index (χ0n) is 12.5. The van der Waals surface area contributed by atoms with Gasteiger partial charge in [0.1, 0.15) is 0 Å². The second-order valence-electron chi connectivity index (χ2n) is 4.76. The SMILES string of the molecule is C/C(=N\NC(=O)CNC(=O)c1ccccc1Br)c1ccccc1. The molecule has 23 heavy (non-hydrogen) atoms. The van der Waals surface area contributed by atoms with E-state index in [9.17, 15) is 9.59 Å². The lowest BCUT2D eigenvalue weighted by molar-refractivity contribution is -0.120. The molecule has 0 aromatic heterocycles. The summed E-state index contributed by atoms with van der Waals surface area (Å²) in [7, 11) is 0. The zero-order chi connectivity index (χ0) is 16.7. The van der Waals surface area contributed by atoms with Crippen molar-refractivity contribution in [3.63, 3.8) is 0 Å². The van der Waals surface area contributed by atoms with Gasteiger partial charge in [-0.1, -0.05) is 42.5 Å². The standard InChI is InChI=1S/C17H16BrN3O2/c1-12(13-7-3-2-4-8-13)20-21-16(22)11-19-17(23)14-9-5-6-10-15(14)18/h2-10H,11H2,1H3,(H,19,23)(H,21,22)/b20-12+. The van der Waals surface area contributed by atoms with Crippen LogP contribution in [0.3, 0.4) is 0 Å². The minimum atomic E-state index is -0.388. The first-order chi connectivity index (χ1) is 11.1. The molecule has 6 heteroatoms. The van der Waals surface area contributed by atoms with E-state index in [4.69, 9.17) is 0 Å². The van der Waals surface area contributed by atoms with Crippen molar-refractivity contribution in [1.29, 1.82) is 0 Å². The second kappa shape index (κ2) is 8.24. The van der Waals surface area contributed by atoms with E-state index in [0.717, 1.165) is 5.56 Å². The van der Waals surface area contributed by atoms with Crippen LogP contribution in [0.4, 0.5) is 0 Å². The molecule has 0 aliphatic heterocycles. The molecule has 118 valence electrons. The summed E-state index contributed by atoms with van der Waals surface area (Å²) in [6.45, 7) is 1.65. The van der Waals surface area contributed by atoms with Gasteiger partial charge in [0.25, 0.3) is 11.8 Å². The molecule has 2 N–H and O–H groups in total. The first kappa shape index (κ1) is 16.9. The Morgan fingerprint density at radius 2 is 1.70 bits per heavy atom. The van der Waals surface area contributed by atoms with Crippen molar-refractivity contribution >= 4 is 33.5 Å². The molecule has 0 saturated carbocycles. The molecular formula is C17H16BrN3O2. The van der Waals surface area contributed by atoms with Gasteiger partial charge in [-0.15, -0.1) is 0 Å². The second-order valence-corrected chi connectivity index (χ2v) is 5.62. The van der Waals surface area contributed by atoms with Crippen LogP contribution < -0.4 is 10.7 Å². The molecule has 0 aliphatic carbocycles. The van der Waals surface area contributed by atoms with Crippen LogP contribution in [0.2, 0.25) is 0 Å². The first-order valence-corrected chi connectivity index (χ1v) is 7.78. The molecule has 0 radical (unpaired) electrons. The Bertz CT molecular complexity index is 730. The van der Waals surface area contributed by atoms with Gasteiger partial charge < -0.3 is 5.32 Å². The van der Waals surface area contributed by atoms with Gasteiger partial charge in [0.05, 0.1) is 17.8 Å². The van der Waals surface area contributed by atoms with Crippen molar-refractivity contribution in [2.45, 2.75) is 6.92 Å². The molecule has 0 heterocycles. The Balaban J connectivity index is 1.86. The van der Waals surface area contributed by atoms with Crippen molar-refractivity contribution in [1.82, 2.24) is 10.7 Å². The Morgan fingerprint density at radius 1 is 1.04 bits per heavy atom. The summed E-state index contributed by atoms with van der Waals surface area (Å²) in [5.74, 6) is -0.711. The highest BCUT2D eigenvalue weighted by Crippen LogP contribution is 2.15. The molecule has 0 atom stereocenters. The average molecular weight is 374 g/mol. The Hall–Kier alpha value is -2.47. The maximum Gasteiger partial charge on any atom is 0.259 e. The quantitative estimate of drug-likeness (QED) is 0.624. The van der Waals surface area contributed by atoms with Crippen molar-refractivity contribution < 1.29 is 9.59 Å². The highest BCUT2D eigenvalue weighted by molar-refractivity contribution is 9.10. The van der Waals surface area contributed by atoms with Crippen LogP contribution in [-0.4, -0.2) is 24.1 Å². The normalized spacial score (nSPS) is 11.0. The fourth-order valence-corrected chi connectivity index (χ4v) is 2.30. The number of hydrogen-bond donors (Lipinski definition) is 2. The van der Waals surface area contributed by atoms with Gasteiger partial charge in [0.15, 0.2) is 0 Å². The molecule has 0 unspecified atom stereocenters. The van der Waals surface area contributed by atoms with E-state index < -0.39 is 0 Å². The van der Waals surface area contributed by atoms with Crippen molar-refractivity contribution in [3.05, 3.63) is 70.2 Å². The number of rotatable bonds is 5. The lowest BCUT2D eigenvalue weighted by Gasteiger charge is -2.06.